The normalized spacial score (nSPS) is 10.1. The van der Waals surface area contributed by atoms with E-state index in [9.17, 15) is 9.59 Å². The van der Waals surface area contributed by atoms with Gasteiger partial charge in [0.05, 0.1) is 6.10 Å². The Kier molecular flexibility index (Phi) is 8.15. The van der Waals surface area contributed by atoms with Gasteiger partial charge in [-0.25, -0.2) is 9.59 Å². The average molecular weight is 360 g/mol. The Morgan fingerprint density at radius 1 is 0.885 bits per heavy atom. The lowest BCUT2D eigenvalue weighted by Gasteiger charge is -2.18. The van der Waals surface area contributed by atoms with Gasteiger partial charge in [0, 0.05) is 0 Å². The van der Waals surface area contributed by atoms with E-state index >= 15 is 0 Å². The molecule has 0 radical (unpaired) electrons. The lowest BCUT2D eigenvalue weighted by atomic mass is 9.99. The van der Waals surface area contributed by atoms with E-state index in [1.807, 2.05) is 33.8 Å². The predicted octanol–water partition coefficient (Wildman–Crippen LogP) is 5.04. The summed E-state index contributed by atoms with van der Waals surface area (Å²) in [6.07, 6.45) is -1.32. The molecule has 2 N–H and O–H groups in total. The maximum Gasteiger partial charge on any atom is 0.511 e. The fourth-order valence-corrected chi connectivity index (χ4v) is 2.13. The number of rotatable bonds is 5. The van der Waals surface area contributed by atoms with Gasteiger partial charge < -0.3 is 19.7 Å². The van der Waals surface area contributed by atoms with Crippen molar-refractivity contribution in [1.82, 2.24) is 0 Å². The van der Waals surface area contributed by atoms with E-state index in [0.29, 0.717) is 11.5 Å². The number of para-hydroxylation sites is 2. The van der Waals surface area contributed by atoms with Gasteiger partial charge in [-0.05, 0) is 43.5 Å². The third kappa shape index (κ3) is 6.84. The zero-order valence-electron chi connectivity index (χ0n) is 15.3. The Hall–Kier alpha value is -3.02. The summed E-state index contributed by atoms with van der Waals surface area (Å²) in [4.78, 5) is 21.0. The van der Waals surface area contributed by atoms with Crippen LogP contribution in [0.3, 0.4) is 0 Å². The Morgan fingerprint density at radius 3 is 1.96 bits per heavy atom. The monoisotopic (exact) mass is 360 g/mol. The lowest BCUT2D eigenvalue weighted by molar-refractivity contribution is 0.0690. The van der Waals surface area contributed by atoms with E-state index in [1.54, 1.807) is 42.5 Å². The molecule has 2 rings (SSSR count). The summed E-state index contributed by atoms with van der Waals surface area (Å²) in [5.74, 6) is 0.140. The minimum atomic E-state index is -1.29. The molecule has 2 aromatic carbocycles. The minimum absolute atomic E-state index is 0.0296. The summed E-state index contributed by atoms with van der Waals surface area (Å²) >= 11 is 0. The highest BCUT2D eigenvalue weighted by atomic mass is 16.7. The van der Waals surface area contributed by atoms with E-state index < -0.39 is 12.1 Å². The van der Waals surface area contributed by atoms with Crippen LogP contribution in [0.2, 0.25) is 0 Å². The third-order valence-electron chi connectivity index (χ3n) is 3.20. The maximum absolute atomic E-state index is 11.1. The van der Waals surface area contributed by atoms with Gasteiger partial charge >= 0.3 is 12.1 Å². The van der Waals surface area contributed by atoms with Crippen molar-refractivity contribution in [1.29, 1.82) is 0 Å². The largest absolute Gasteiger partial charge is 0.511 e. The number of hydrogen-bond donors (Lipinski definition) is 2. The summed E-state index contributed by atoms with van der Waals surface area (Å²) in [5, 5.41) is 17.2. The molecular weight excluding hydrogens is 336 g/mol. The van der Waals surface area contributed by atoms with Crippen LogP contribution in [0, 0.1) is 0 Å². The lowest BCUT2D eigenvalue weighted by Crippen LogP contribution is -2.12. The first-order valence-corrected chi connectivity index (χ1v) is 8.21. The van der Waals surface area contributed by atoms with Crippen LogP contribution in [0.25, 0.3) is 0 Å². The zero-order chi connectivity index (χ0) is 19.7. The summed E-state index contributed by atoms with van der Waals surface area (Å²) in [7, 11) is 0. The number of carboxylic acid groups (broad SMARTS) is 2. The first kappa shape index (κ1) is 21.0. The molecule has 0 bridgehead atoms. The van der Waals surface area contributed by atoms with Crippen molar-refractivity contribution in [3.05, 3.63) is 59.7 Å². The van der Waals surface area contributed by atoms with Crippen molar-refractivity contribution in [3.8, 4) is 11.5 Å². The molecule has 0 aliphatic rings. The van der Waals surface area contributed by atoms with Gasteiger partial charge in [-0.15, -0.1) is 0 Å². The standard InChI is InChI=1S/C13H18O3.C7H6O3/c1-8(2)10-6-5-7-11(13(14)15)12(10)16-9(3)4;8-7(9)10-6-4-2-1-3-5-6/h5-9H,1-4H3,(H,14,15);1-5H,(H,8,9). The second-order valence-electron chi connectivity index (χ2n) is 6.03. The van der Waals surface area contributed by atoms with Crippen LogP contribution in [-0.4, -0.2) is 28.4 Å². The predicted molar refractivity (Wildman–Crippen MR) is 98.3 cm³/mol. The summed E-state index contributed by atoms with van der Waals surface area (Å²) in [6, 6.07) is 13.6. The van der Waals surface area contributed by atoms with Crippen LogP contribution in [0.5, 0.6) is 11.5 Å². The van der Waals surface area contributed by atoms with E-state index in [2.05, 4.69) is 4.74 Å². The molecule has 0 spiro atoms. The maximum atomic E-state index is 11.1. The Morgan fingerprint density at radius 2 is 1.50 bits per heavy atom. The molecule has 0 heterocycles. The average Bonchev–Trinajstić information content (AvgIpc) is 2.55. The molecule has 0 unspecified atom stereocenters. The molecule has 26 heavy (non-hydrogen) atoms. The van der Waals surface area contributed by atoms with Crippen LogP contribution < -0.4 is 9.47 Å². The Bertz CT molecular complexity index is 722. The van der Waals surface area contributed by atoms with Gasteiger partial charge in [0.2, 0.25) is 0 Å². The molecule has 0 saturated heterocycles. The zero-order valence-corrected chi connectivity index (χ0v) is 15.3. The first-order valence-electron chi connectivity index (χ1n) is 8.21. The van der Waals surface area contributed by atoms with Gasteiger partial charge in [-0.1, -0.05) is 44.2 Å². The fraction of sp³-hybridized carbons (Fsp3) is 0.300. The topological polar surface area (TPSA) is 93.1 Å². The smallest absolute Gasteiger partial charge is 0.490 e. The highest BCUT2D eigenvalue weighted by Crippen LogP contribution is 2.31. The molecule has 0 aliphatic carbocycles. The molecular formula is C20H24O6. The van der Waals surface area contributed by atoms with Crippen LogP contribution in [-0.2, 0) is 0 Å². The second-order valence-corrected chi connectivity index (χ2v) is 6.03. The van der Waals surface area contributed by atoms with Gasteiger partial charge in [0.15, 0.2) is 0 Å². The van der Waals surface area contributed by atoms with Crippen LogP contribution >= 0.6 is 0 Å². The minimum Gasteiger partial charge on any atom is -0.490 e. The number of aromatic carboxylic acids is 1. The van der Waals surface area contributed by atoms with Crippen molar-refractivity contribution in [2.75, 3.05) is 0 Å². The van der Waals surface area contributed by atoms with E-state index in [0.717, 1.165) is 5.56 Å². The summed E-state index contributed by atoms with van der Waals surface area (Å²) in [6.45, 7) is 7.83. The van der Waals surface area contributed by atoms with Gasteiger partial charge in [-0.2, -0.15) is 0 Å². The van der Waals surface area contributed by atoms with Gasteiger partial charge in [-0.3, -0.25) is 0 Å². The SMILES string of the molecule is CC(C)Oc1c(C(=O)O)cccc1C(C)C.O=C(O)Oc1ccccc1. The Balaban J connectivity index is 0.000000289. The third-order valence-corrected chi connectivity index (χ3v) is 3.20. The molecule has 2 aromatic rings. The molecule has 0 saturated carbocycles. The molecule has 0 aliphatic heterocycles. The quantitative estimate of drug-likeness (QED) is 0.573. The van der Waals surface area contributed by atoms with Crippen molar-refractivity contribution in [3.63, 3.8) is 0 Å². The second kappa shape index (κ2) is 10.1. The highest BCUT2D eigenvalue weighted by molar-refractivity contribution is 5.91. The van der Waals surface area contributed by atoms with E-state index in [4.69, 9.17) is 14.9 Å². The summed E-state index contributed by atoms with van der Waals surface area (Å²) in [5.41, 5.74) is 1.17. The number of carbonyl (C=O) groups is 2. The molecule has 0 amide bonds. The molecule has 0 atom stereocenters. The van der Waals surface area contributed by atoms with Gasteiger partial charge in [0.1, 0.15) is 17.1 Å². The van der Waals surface area contributed by atoms with Crippen LogP contribution in [0.15, 0.2) is 48.5 Å². The molecule has 6 heteroatoms. The molecule has 140 valence electrons. The van der Waals surface area contributed by atoms with Crippen molar-refractivity contribution in [2.45, 2.75) is 39.7 Å². The summed E-state index contributed by atoms with van der Waals surface area (Å²) < 4.78 is 9.95. The molecule has 0 fully saturated rings. The number of benzene rings is 2. The van der Waals surface area contributed by atoms with Crippen LogP contribution in [0.4, 0.5) is 4.79 Å². The van der Waals surface area contributed by atoms with E-state index in [-0.39, 0.29) is 17.6 Å². The number of carboxylic acids is 1. The highest BCUT2D eigenvalue weighted by Gasteiger charge is 2.18. The van der Waals surface area contributed by atoms with Gasteiger partial charge in [0.25, 0.3) is 0 Å². The first-order chi connectivity index (χ1) is 12.2. The van der Waals surface area contributed by atoms with Crippen molar-refractivity contribution in [2.24, 2.45) is 0 Å². The Labute approximate surface area is 153 Å². The molecule has 0 aromatic heterocycles. The van der Waals surface area contributed by atoms with E-state index in [1.165, 1.54) is 0 Å². The number of ether oxygens (including phenoxy) is 2. The molecule has 6 nitrogen and oxygen atoms in total. The van der Waals surface area contributed by atoms with Crippen molar-refractivity contribution >= 4 is 12.1 Å². The number of hydrogen-bond acceptors (Lipinski definition) is 4. The van der Waals surface area contributed by atoms with Crippen molar-refractivity contribution < 1.29 is 29.3 Å². The fourth-order valence-electron chi connectivity index (χ4n) is 2.13. The van der Waals surface area contributed by atoms with Crippen LogP contribution in [0.1, 0.15) is 49.5 Å².